The van der Waals surface area contributed by atoms with Crippen LogP contribution in [0.4, 0.5) is 26.3 Å². The van der Waals surface area contributed by atoms with Crippen molar-refractivity contribution in [3.8, 4) is 0 Å². The molecule has 2 aromatic carbocycles. The van der Waals surface area contributed by atoms with E-state index >= 15 is 0 Å². The van der Waals surface area contributed by atoms with Crippen molar-refractivity contribution in [2.24, 2.45) is 0 Å². The number of carbonyl (C=O) groups is 1. The maximum Gasteiger partial charge on any atom is 0.416 e. The van der Waals surface area contributed by atoms with Crippen molar-refractivity contribution < 1.29 is 39.6 Å². The predicted octanol–water partition coefficient (Wildman–Crippen LogP) is 5.83. The van der Waals surface area contributed by atoms with Crippen LogP contribution in [0.1, 0.15) is 66.8 Å². The number of amides is 1. The first-order valence-corrected chi connectivity index (χ1v) is 15.0. The summed E-state index contributed by atoms with van der Waals surface area (Å²) in [4.78, 5) is 14.3. The summed E-state index contributed by atoms with van der Waals surface area (Å²) in [7, 11) is -4.41. The molecule has 0 spiro atoms. The molecule has 1 amide bonds. The monoisotopic (exact) mass is 605 g/mol. The van der Waals surface area contributed by atoms with Crippen LogP contribution in [0.5, 0.6) is 0 Å². The van der Waals surface area contributed by atoms with Crippen LogP contribution in [0.2, 0.25) is 0 Å². The largest absolute Gasteiger partial charge is 0.416 e. The van der Waals surface area contributed by atoms with Gasteiger partial charge in [0.1, 0.15) is 6.04 Å². The fourth-order valence-corrected chi connectivity index (χ4v) is 6.93. The van der Waals surface area contributed by atoms with Crippen molar-refractivity contribution in [2.75, 3.05) is 20.1 Å². The lowest BCUT2D eigenvalue weighted by atomic mass is 9.86. The van der Waals surface area contributed by atoms with Gasteiger partial charge in [-0.15, -0.1) is 0 Å². The number of likely N-dealkylation sites (tertiary alicyclic amines) is 1. The Morgan fingerprint density at radius 2 is 1.73 bits per heavy atom. The summed E-state index contributed by atoms with van der Waals surface area (Å²) in [5.74, 6) is -1.01. The van der Waals surface area contributed by atoms with Gasteiger partial charge in [0.15, 0.2) is 0 Å². The molecule has 4 rings (SSSR count). The molecule has 0 unspecified atom stereocenters. The summed E-state index contributed by atoms with van der Waals surface area (Å²) in [6.07, 6.45) is -5.73. The van der Waals surface area contributed by atoms with Crippen molar-refractivity contribution in [2.45, 2.75) is 80.8 Å². The second kappa shape index (κ2) is 12.3. The third kappa shape index (κ3) is 7.61. The van der Waals surface area contributed by atoms with Crippen molar-refractivity contribution >= 4 is 15.9 Å². The molecule has 1 N–H and O–H groups in total. The van der Waals surface area contributed by atoms with Crippen molar-refractivity contribution in [1.29, 1.82) is 0 Å². The number of aryl methyl sites for hydroxylation is 1. The van der Waals surface area contributed by atoms with Gasteiger partial charge in [0.2, 0.25) is 15.9 Å². The quantitative estimate of drug-likeness (QED) is 0.385. The number of hydrogen-bond donors (Lipinski definition) is 1. The molecule has 226 valence electrons. The molecular formula is C28H33F6N3O3S. The van der Waals surface area contributed by atoms with E-state index in [4.69, 9.17) is 0 Å². The smallest absolute Gasteiger partial charge is 0.349 e. The summed E-state index contributed by atoms with van der Waals surface area (Å²) in [6.45, 7) is 2.88. The number of carbonyl (C=O) groups excluding carboxylic acids is 1. The van der Waals surface area contributed by atoms with Crippen LogP contribution >= 0.6 is 0 Å². The van der Waals surface area contributed by atoms with Crippen LogP contribution in [0.15, 0.2) is 47.4 Å². The summed E-state index contributed by atoms with van der Waals surface area (Å²) in [5.41, 5.74) is 1.66. The highest BCUT2D eigenvalue weighted by Gasteiger charge is 2.48. The topological polar surface area (TPSA) is 69.7 Å². The molecule has 0 radical (unpaired) electrons. The van der Waals surface area contributed by atoms with E-state index in [1.165, 1.54) is 6.42 Å². The first-order valence-electron chi connectivity index (χ1n) is 13.5. The minimum Gasteiger partial charge on any atom is -0.349 e. The zero-order valence-electron chi connectivity index (χ0n) is 22.6. The molecular weight excluding hydrogens is 572 g/mol. The molecule has 2 aliphatic rings. The summed E-state index contributed by atoms with van der Waals surface area (Å²) < 4.78 is 107. The number of rotatable bonds is 8. The molecule has 1 aliphatic heterocycles. The highest BCUT2D eigenvalue weighted by molar-refractivity contribution is 7.89. The molecule has 1 saturated heterocycles. The van der Waals surface area contributed by atoms with Gasteiger partial charge >= 0.3 is 12.4 Å². The molecule has 2 aromatic rings. The maximum absolute atomic E-state index is 14.0. The van der Waals surface area contributed by atoms with Crippen LogP contribution in [0.3, 0.4) is 0 Å². The number of sulfonamides is 1. The number of nitrogens with one attached hydrogen (secondary N) is 1. The third-order valence-corrected chi connectivity index (χ3v) is 9.61. The Kier molecular flexibility index (Phi) is 9.39. The van der Waals surface area contributed by atoms with Crippen LogP contribution in [0.25, 0.3) is 0 Å². The second-order valence-corrected chi connectivity index (χ2v) is 12.7. The van der Waals surface area contributed by atoms with Gasteiger partial charge in [-0.1, -0.05) is 30.7 Å². The Bertz CT molecular complexity index is 1340. The lowest BCUT2D eigenvalue weighted by Gasteiger charge is -2.31. The minimum absolute atomic E-state index is 0.0796. The number of alkyl halides is 6. The van der Waals surface area contributed by atoms with Crippen LogP contribution in [-0.4, -0.2) is 55.9 Å². The molecule has 0 saturated carbocycles. The van der Waals surface area contributed by atoms with E-state index in [2.05, 4.69) is 16.3 Å². The average Bonchev–Trinajstić information content (AvgIpc) is 2.91. The SMILES string of the molecule is CN([C@@H](CC(=O)N[C@@H]1CCCc2cc(CN3CCCCC3)ccc21)C(F)(F)F)S(=O)(=O)c1cccc(C(F)(F)F)c1. The number of piperidine rings is 1. The van der Waals surface area contributed by atoms with Gasteiger partial charge in [0.25, 0.3) is 0 Å². The second-order valence-electron chi connectivity index (χ2n) is 10.7. The van der Waals surface area contributed by atoms with Crippen LogP contribution in [-0.2, 0) is 34.0 Å². The molecule has 6 nitrogen and oxygen atoms in total. The minimum atomic E-state index is -5.16. The van der Waals surface area contributed by atoms with E-state index in [0.29, 0.717) is 19.5 Å². The van der Waals surface area contributed by atoms with E-state index in [0.717, 1.165) is 74.1 Å². The zero-order chi connectivity index (χ0) is 30.0. The molecule has 2 atom stereocenters. The molecule has 1 heterocycles. The third-order valence-electron chi connectivity index (χ3n) is 7.75. The van der Waals surface area contributed by atoms with Gasteiger partial charge < -0.3 is 5.32 Å². The highest BCUT2D eigenvalue weighted by atomic mass is 32.2. The summed E-state index contributed by atoms with van der Waals surface area (Å²) in [5, 5.41) is 2.63. The van der Waals surface area contributed by atoms with Gasteiger partial charge in [-0.05, 0) is 80.1 Å². The van der Waals surface area contributed by atoms with Crippen molar-refractivity contribution in [3.05, 3.63) is 64.7 Å². The van der Waals surface area contributed by atoms with E-state index in [-0.39, 0.29) is 10.4 Å². The summed E-state index contributed by atoms with van der Waals surface area (Å²) >= 11 is 0. The van der Waals surface area contributed by atoms with Crippen molar-refractivity contribution in [1.82, 2.24) is 14.5 Å². The standard InChI is InChI=1S/C28H33F6N3O3S/c1-36(41(39,40)22-9-6-8-21(16-22)27(29,30)31)25(28(32,33)34)17-26(38)35-24-10-5-7-20-15-19(11-12-23(20)24)18-37-13-3-2-4-14-37/h6,8-9,11-12,15-16,24-25H,2-5,7,10,13-14,17-18H2,1H3,(H,35,38)/t24-,25+/m1/s1. The Balaban J connectivity index is 1.48. The van der Waals surface area contributed by atoms with E-state index in [1.54, 1.807) is 0 Å². The maximum atomic E-state index is 14.0. The number of fused-ring (bicyclic) bond motifs is 1. The fourth-order valence-electron chi connectivity index (χ4n) is 5.54. The molecule has 1 fully saturated rings. The van der Waals surface area contributed by atoms with Gasteiger partial charge in [0, 0.05) is 13.6 Å². The Hall–Kier alpha value is -2.64. The average molecular weight is 606 g/mol. The van der Waals surface area contributed by atoms with Crippen LogP contribution in [0, 0.1) is 0 Å². The highest BCUT2D eigenvalue weighted by Crippen LogP contribution is 2.35. The van der Waals surface area contributed by atoms with E-state index in [9.17, 15) is 39.6 Å². The molecule has 0 bridgehead atoms. The lowest BCUT2D eigenvalue weighted by Crippen LogP contribution is -2.49. The molecule has 13 heteroatoms. The number of benzene rings is 2. The van der Waals surface area contributed by atoms with Crippen LogP contribution < -0.4 is 5.32 Å². The van der Waals surface area contributed by atoms with Crippen molar-refractivity contribution in [3.63, 3.8) is 0 Å². The zero-order valence-corrected chi connectivity index (χ0v) is 23.4. The van der Waals surface area contributed by atoms with E-state index in [1.807, 2.05) is 12.1 Å². The molecule has 0 aromatic heterocycles. The lowest BCUT2D eigenvalue weighted by molar-refractivity contribution is -0.173. The summed E-state index contributed by atoms with van der Waals surface area (Å²) in [6, 6.07) is 5.10. The number of nitrogens with zero attached hydrogens (tertiary/aromatic N) is 2. The van der Waals surface area contributed by atoms with E-state index < -0.39 is 57.2 Å². The first kappa shape index (κ1) is 31.3. The fraction of sp³-hybridized carbons (Fsp3) is 0.536. The first-order chi connectivity index (χ1) is 19.2. The Morgan fingerprint density at radius 1 is 1.02 bits per heavy atom. The Labute approximate surface area is 235 Å². The Morgan fingerprint density at radius 3 is 2.39 bits per heavy atom. The number of halogens is 6. The number of hydrogen-bond acceptors (Lipinski definition) is 4. The van der Waals surface area contributed by atoms with Gasteiger partial charge in [-0.2, -0.15) is 30.6 Å². The van der Waals surface area contributed by atoms with Gasteiger partial charge in [-0.3, -0.25) is 9.69 Å². The van der Waals surface area contributed by atoms with Gasteiger partial charge in [0.05, 0.1) is 22.9 Å². The molecule has 1 aliphatic carbocycles. The predicted molar refractivity (Wildman–Crippen MR) is 140 cm³/mol. The van der Waals surface area contributed by atoms with Gasteiger partial charge in [-0.25, -0.2) is 8.42 Å². The molecule has 41 heavy (non-hydrogen) atoms. The normalized spacial score (nSPS) is 19.6.